The van der Waals surface area contributed by atoms with Crippen LogP contribution in [0.5, 0.6) is 0 Å². The second-order valence-electron chi connectivity index (χ2n) is 5.69. The molecule has 0 saturated carbocycles. The molecule has 1 atom stereocenters. The summed E-state index contributed by atoms with van der Waals surface area (Å²) in [6.45, 7) is 1.36. The number of imide groups is 1. The second-order valence-corrected chi connectivity index (χ2v) is 6.61. The minimum Gasteiger partial charge on any atom is -0.392 e. The van der Waals surface area contributed by atoms with Crippen LogP contribution < -0.4 is 5.32 Å². The Bertz CT molecular complexity index is 881. The number of nitrogens with one attached hydrogen (secondary N) is 1. The first-order chi connectivity index (χ1) is 11.9. The van der Waals surface area contributed by atoms with E-state index in [1.807, 2.05) is 0 Å². The van der Waals surface area contributed by atoms with E-state index in [0.29, 0.717) is 15.7 Å². The quantitative estimate of drug-likeness (QED) is 0.769. The minimum atomic E-state index is -0.969. The average molecular weight is 403 g/mol. The van der Waals surface area contributed by atoms with Gasteiger partial charge in [-0.05, 0) is 42.8 Å². The molecule has 3 rings (SSSR count). The monoisotopic (exact) mass is 402 g/mol. The Kier molecular flexibility index (Phi) is 4.69. The number of anilines is 1. The Labute approximate surface area is 152 Å². The van der Waals surface area contributed by atoms with Crippen molar-refractivity contribution in [2.24, 2.45) is 0 Å². The average Bonchev–Trinajstić information content (AvgIpc) is 2.84. The number of benzene rings is 2. The van der Waals surface area contributed by atoms with Crippen LogP contribution in [0.4, 0.5) is 5.69 Å². The van der Waals surface area contributed by atoms with E-state index in [1.165, 1.54) is 6.92 Å². The third-order valence-corrected chi connectivity index (χ3v) is 4.52. The summed E-state index contributed by atoms with van der Waals surface area (Å²) in [6, 6.07) is 10.6. The molecule has 1 unspecified atom stereocenters. The molecule has 1 heterocycles. The first-order valence-electron chi connectivity index (χ1n) is 7.60. The van der Waals surface area contributed by atoms with E-state index in [4.69, 9.17) is 5.11 Å². The number of carbonyl (C=O) groups excluding carboxylic acids is 3. The molecule has 0 fully saturated rings. The third kappa shape index (κ3) is 3.20. The number of aliphatic hydroxyl groups excluding tert-OH is 1. The highest BCUT2D eigenvalue weighted by atomic mass is 79.9. The van der Waals surface area contributed by atoms with E-state index in [2.05, 4.69) is 21.2 Å². The summed E-state index contributed by atoms with van der Waals surface area (Å²) < 4.78 is 0.687. The van der Waals surface area contributed by atoms with E-state index in [9.17, 15) is 14.4 Å². The minimum absolute atomic E-state index is 0.146. The number of fused-ring (bicyclic) bond motifs is 1. The Hall–Kier alpha value is -2.51. The molecule has 1 aliphatic heterocycles. The van der Waals surface area contributed by atoms with Crippen LogP contribution >= 0.6 is 15.9 Å². The Morgan fingerprint density at radius 1 is 1.16 bits per heavy atom. The van der Waals surface area contributed by atoms with Crippen LogP contribution in [0, 0.1) is 0 Å². The lowest BCUT2D eigenvalue weighted by Gasteiger charge is -2.21. The Morgan fingerprint density at radius 3 is 2.60 bits per heavy atom. The van der Waals surface area contributed by atoms with Crippen molar-refractivity contribution in [3.63, 3.8) is 0 Å². The smallest absolute Gasteiger partial charge is 0.262 e. The van der Waals surface area contributed by atoms with Crippen molar-refractivity contribution >= 4 is 39.3 Å². The zero-order valence-electron chi connectivity index (χ0n) is 13.3. The molecule has 0 spiro atoms. The first-order valence-corrected chi connectivity index (χ1v) is 8.39. The largest absolute Gasteiger partial charge is 0.392 e. The number of hydrogen-bond donors (Lipinski definition) is 2. The van der Waals surface area contributed by atoms with Gasteiger partial charge >= 0.3 is 0 Å². The molecular weight excluding hydrogens is 388 g/mol. The van der Waals surface area contributed by atoms with Gasteiger partial charge in [0.2, 0.25) is 5.91 Å². The standard InChI is InChI=1S/C18H15BrN2O4/c1-10(16(23)20-13-4-2-3-11(7-13)9-22)21-17(24)14-6-5-12(19)8-15(14)18(21)25/h2-8,10,22H,9H2,1H3,(H,20,23). The zero-order valence-corrected chi connectivity index (χ0v) is 14.9. The van der Waals surface area contributed by atoms with Crippen molar-refractivity contribution in [3.8, 4) is 0 Å². The van der Waals surface area contributed by atoms with Crippen LogP contribution in [0.15, 0.2) is 46.9 Å². The van der Waals surface area contributed by atoms with Gasteiger partial charge in [0.25, 0.3) is 11.8 Å². The maximum Gasteiger partial charge on any atom is 0.262 e. The first kappa shape index (κ1) is 17.3. The Balaban J connectivity index is 1.81. The van der Waals surface area contributed by atoms with Gasteiger partial charge in [0, 0.05) is 10.2 Å². The second kappa shape index (κ2) is 6.78. The molecule has 0 bridgehead atoms. The van der Waals surface area contributed by atoms with E-state index in [1.54, 1.807) is 42.5 Å². The summed E-state index contributed by atoms with van der Waals surface area (Å²) in [7, 11) is 0. The van der Waals surface area contributed by atoms with E-state index in [0.717, 1.165) is 4.90 Å². The van der Waals surface area contributed by atoms with Crippen molar-refractivity contribution < 1.29 is 19.5 Å². The molecule has 2 aromatic carbocycles. The molecule has 3 amide bonds. The van der Waals surface area contributed by atoms with Crippen molar-refractivity contribution in [3.05, 3.63) is 63.6 Å². The molecule has 2 aromatic rings. The molecule has 7 heteroatoms. The fraction of sp³-hybridized carbons (Fsp3) is 0.167. The molecule has 0 saturated heterocycles. The number of hydrogen-bond acceptors (Lipinski definition) is 4. The van der Waals surface area contributed by atoms with Crippen molar-refractivity contribution in [2.45, 2.75) is 19.6 Å². The summed E-state index contributed by atoms with van der Waals surface area (Å²) >= 11 is 3.27. The number of aliphatic hydroxyl groups is 1. The normalized spacial score (nSPS) is 14.4. The molecular formula is C18H15BrN2O4. The lowest BCUT2D eigenvalue weighted by molar-refractivity contribution is -0.119. The summed E-state index contributed by atoms with van der Waals surface area (Å²) in [4.78, 5) is 38.5. The van der Waals surface area contributed by atoms with Crippen LogP contribution in [0.25, 0.3) is 0 Å². The molecule has 128 valence electrons. The van der Waals surface area contributed by atoms with Crippen LogP contribution in [0.2, 0.25) is 0 Å². The molecule has 0 radical (unpaired) electrons. The van der Waals surface area contributed by atoms with Gasteiger partial charge in [0.15, 0.2) is 0 Å². The lowest BCUT2D eigenvalue weighted by atomic mass is 10.1. The SMILES string of the molecule is CC(C(=O)Nc1cccc(CO)c1)N1C(=O)c2ccc(Br)cc2C1=O. The van der Waals surface area contributed by atoms with Gasteiger partial charge in [-0.25, -0.2) is 0 Å². The van der Waals surface area contributed by atoms with Crippen LogP contribution in [-0.4, -0.2) is 33.8 Å². The van der Waals surface area contributed by atoms with Gasteiger partial charge in [-0.2, -0.15) is 0 Å². The number of halogens is 1. The maximum absolute atomic E-state index is 12.5. The van der Waals surface area contributed by atoms with Crippen LogP contribution in [-0.2, 0) is 11.4 Å². The number of nitrogens with zero attached hydrogens (tertiary/aromatic N) is 1. The van der Waals surface area contributed by atoms with Crippen molar-refractivity contribution in [2.75, 3.05) is 5.32 Å². The highest BCUT2D eigenvalue weighted by Gasteiger charge is 2.40. The van der Waals surface area contributed by atoms with E-state index < -0.39 is 23.8 Å². The topological polar surface area (TPSA) is 86.7 Å². The summed E-state index contributed by atoms with van der Waals surface area (Å²) in [5, 5.41) is 11.8. The van der Waals surface area contributed by atoms with Crippen molar-refractivity contribution in [1.29, 1.82) is 0 Å². The van der Waals surface area contributed by atoms with Gasteiger partial charge in [-0.1, -0.05) is 28.1 Å². The van der Waals surface area contributed by atoms with Crippen molar-refractivity contribution in [1.82, 2.24) is 4.90 Å². The molecule has 0 aliphatic carbocycles. The van der Waals surface area contributed by atoms with Gasteiger partial charge in [-0.3, -0.25) is 19.3 Å². The highest BCUT2D eigenvalue weighted by Crippen LogP contribution is 2.27. The molecule has 6 nitrogen and oxygen atoms in total. The Morgan fingerprint density at radius 2 is 1.88 bits per heavy atom. The maximum atomic E-state index is 12.5. The lowest BCUT2D eigenvalue weighted by Crippen LogP contribution is -2.45. The van der Waals surface area contributed by atoms with Gasteiger partial charge < -0.3 is 10.4 Å². The summed E-state index contributed by atoms with van der Waals surface area (Å²) in [5.74, 6) is -1.46. The molecule has 0 aromatic heterocycles. The van der Waals surface area contributed by atoms with Gasteiger partial charge in [-0.15, -0.1) is 0 Å². The fourth-order valence-electron chi connectivity index (χ4n) is 2.69. The third-order valence-electron chi connectivity index (χ3n) is 4.02. The molecule has 2 N–H and O–H groups in total. The number of amides is 3. The van der Waals surface area contributed by atoms with Crippen LogP contribution in [0.1, 0.15) is 33.2 Å². The summed E-state index contributed by atoms with van der Waals surface area (Å²) in [5.41, 5.74) is 1.70. The van der Waals surface area contributed by atoms with E-state index >= 15 is 0 Å². The number of rotatable bonds is 4. The molecule has 1 aliphatic rings. The highest BCUT2D eigenvalue weighted by molar-refractivity contribution is 9.10. The van der Waals surface area contributed by atoms with Gasteiger partial charge in [0.05, 0.1) is 17.7 Å². The van der Waals surface area contributed by atoms with Crippen LogP contribution in [0.3, 0.4) is 0 Å². The van der Waals surface area contributed by atoms with Gasteiger partial charge in [0.1, 0.15) is 6.04 Å². The van der Waals surface area contributed by atoms with E-state index in [-0.39, 0.29) is 17.7 Å². The zero-order chi connectivity index (χ0) is 18.1. The predicted molar refractivity (Wildman–Crippen MR) is 95.1 cm³/mol. The molecule has 25 heavy (non-hydrogen) atoms. The number of carbonyl (C=O) groups is 3. The fourth-order valence-corrected chi connectivity index (χ4v) is 3.06. The predicted octanol–water partition coefficient (Wildman–Crippen LogP) is 2.56. The summed E-state index contributed by atoms with van der Waals surface area (Å²) in [6.07, 6.45) is 0.